The third-order valence-electron chi connectivity index (χ3n) is 2.31. The molecule has 0 spiro atoms. The smallest absolute Gasteiger partial charge is 0.185 e. The van der Waals surface area contributed by atoms with Crippen LogP contribution in [0.25, 0.3) is 0 Å². The number of aromatic nitrogens is 2. The van der Waals surface area contributed by atoms with Crippen molar-refractivity contribution in [1.29, 1.82) is 5.26 Å². The summed E-state index contributed by atoms with van der Waals surface area (Å²) in [6, 6.07) is 1.80. The van der Waals surface area contributed by atoms with Gasteiger partial charge in [-0.1, -0.05) is 11.8 Å². The Morgan fingerprint density at radius 3 is 2.89 bits per heavy atom. The molecule has 0 aliphatic heterocycles. The van der Waals surface area contributed by atoms with Crippen molar-refractivity contribution in [2.75, 3.05) is 11.5 Å². The number of rotatable bonds is 5. The van der Waals surface area contributed by atoms with Crippen LogP contribution in [0.15, 0.2) is 0 Å². The molecule has 7 nitrogen and oxygen atoms in total. The highest BCUT2D eigenvalue weighted by molar-refractivity contribution is 8.13. The SMILES string of the molecule is CC(=O)SCCC(O)C(O)c1[nH]nc(N)c1C#N. The van der Waals surface area contributed by atoms with Crippen LogP contribution in [0.1, 0.15) is 30.7 Å². The summed E-state index contributed by atoms with van der Waals surface area (Å²) >= 11 is 1.06. The molecule has 1 aromatic heterocycles. The quantitative estimate of drug-likeness (QED) is 0.587. The number of nitrogen functional groups attached to an aromatic ring is 1. The van der Waals surface area contributed by atoms with E-state index in [9.17, 15) is 15.0 Å². The molecular weight excluding hydrogens is 256 g/mol. The fourth-order valence-electron chi connectivity index (χ4n) is 1.38. The van der Waals surface area contributed by atoms with E-state index in [0.717, 1.165) is 11.8 Å². The number of aromatic amines is 1. The van der Waals surface area contributed by atoms with E-state index >= 15 is 0 Å². The fraction of sp³-hybridized carbons (Fsp3) is 0.500. The standard InChI is InChI=1S/C10H14N4O3S/c1-5(15)18-3-2-7(16)9(17)8-6(4-11)10(12)14-13-8/h7,9,16-17H,2-3H2,1H3,(H3,12,13,14). The Balaban J connectivity index is 2.66. The predicted octanol–water partition coefficient (Wildman–Crippen LogP) is -0.0723. The largest absolute Gasteiger partial charge is 0.390 e. The Morgan fingerprint density at radius 2 is 2.33 bits per heavy atom. The van der Waals surface area contributed by atoms with Gasteiger partial charge >= 0.3 is 0 Å². The van der Waals surface area contributed by atoms with Gasteiger partial charge in [0.1, 0.15) is 17.7 Å². The van der Waals surface area contributed by atoms with Crippen molar-refractivity contribution in [2.24, 2.45) is 0 Å². The summed E-state index contributed by atoms with van der Waals surface area (Å²) in [5.41, 5.74) is 5.54. The van der Waals surface area contributed by atoms with Crippen molar-refractivity contribution < 1.29 is 15.0 Å². The lowest BCUT2D eigenvalue weighted by Crippen LogP contribution is -2.20. The molecule has 1 aromatic rings. The van der Waals surface area contributed by atoms with Crippen LogP contribution >= 0.6 is 11.8 Å². The number of H-pyrrole nitrogens is 1. The zero-order chi connectivity index (χ0) is 13.7. The molecule has 1 heterocycles. The second-order valence-corrected chi connectivity index (χ2v) is 4.92. The second-order valence-electron chi connectivity index (χ2n) is 3.65. The first-order valence-electron chi connectivity index (χ1n) is 5.20. The van der Waals surface area contributed by atoms with Gasteiger partial charge in [-0.15, -0.1) is 0 Å². The van der Waals surface area contributed by atoms with Gasteiger partial charge in [-0.05, 0) is 6.42 Å². The molecule has 0 aliphatic rings. The van der Waals surface area contributed by atoms with Gasteiger partial charge in [0.05, 0.1) is 11.8 Å². The maximum atomic E-state index is 10.7. The number of nitrogens with zero attached hydrogens (tertiary/aromatic N) is 2. The number of thioether (sulfide) groups is 1. The lowest BCUT2D eigenvalue weighted by molar-refractivity contribution is -0.109. The van der Waals surface area contributed by atoms with Crippen LogP contribution in [-0.4, -0.2) is 37.4 Å². The van der Waals surface area contributed by atoms with Gasteiger partial charge in [0.2, 0.25) is 0 Å². The van der Waals surface area contributed by atoms with E-state index < -0.39 is 12.2 Å². The van der Waals surface area contributed by atoms with E-state index in [2.05, 4.69) is 10.2 Å². The minimum atomic E-state index is -1.28. The Hall–Kier alpha value is -1.56. The van der Waals surface area contributed by atoms with Crippen LogP contribution in [0.4, 0.5) is 5.82 Å². The van der Waals surface area contributed by atoms with E-state index in [0.29, 0.717) is 5.75 Å². The van der Waals surface area contributed by atoms with E-state index in [-0.39, 0.29) is 28.6 Å². The van der Waals surface area contributed by atoms with Crippen molar-refractivity contribution in [3.63, 3.8) is 0 Å². The number of nitrogens with two attached hydrogens (primary N) is 1. The fourth-order valence-corrected chi connectivity index (χ4v) is 2.02. The Kier molecular flexibility index (Phi) is 5.15. The summed E-state index contributed by atoms with van der Waals surface area (Å²) in [6.45, 7) is 1.43. The van der Waals surface area contributed by atoms with E-state index in [1.54, 1.807) is 6.07 Å². The summed E-state index contributed by atoms with van der Waals surface area (Å²) in [5, 5.41) is 34.4. The van der Waals surface area contributed by atoms with E-state index in [1.807, 2.05) is 0 Å². The van der Waals surface area contributed by atoms with Gasteiger partial charge in [-0.25, -0.2) is 0 Å². The first-order chi connectivity index (χ1) is 8.47. The van der Waals surface area contributed by atoms with Gasteiger partial charge in [0.25, 0.3) is 0 Å². The van der Waals surface area contributed by atoms with Crippen molar-refractivity contribution in [3.8, 4) is 6.07 Å². The molecule has 0 aromatic carbocycles. The molecule has 0 saturated carbocycles. The van der Waals surface area contributed by atoms with Crippen molar-refractivity contribution in [2.45, 2.75) is 25.6 Å². The molecule has 2 unspecified atom stereocenters. The monoisotopic (exact) mass is 270 g/mol. The first-order valence-corrected chi connectivity index (χ1v) is 6.19. The summed E-state index contributed by atoms with van der Waals surface area (Å²) in [6.07, 6.45) is -2.16. The third kappa shape index (κ3) is 3.46. The maximum absolute atomic E-state index is 10.7. The summed E-state index contributed by atoms with van der Waals surface area (Å²) in [5.74, 6) is 0.371. The highest BCUT2D eigenvalue weighted by Crippen LogP contribution is 2.24. The number of carbonyl (C=O) groups is 1. The minimum absolute atomic E-state index is 0.0168. The first kappa shape index (κ1) is 14.5. The maximum Gasteiger partial charge on any atom is 0.185 e. The zero-order valence-corrected chi connectivity index (χ0v) is 10.6. The topological polar surface area (TPSA) is 136 Å². The van der Waals surface area contributed by atoms with Crippen LogP contribution in [0, 0.1) is 11.3 Å². The average molecular weight is 270 g/mol. The molecule has 0 radical (unpaired) electrons. The number of aliphatic hydroxyl groups is 2. The lowest BCUT2D eigenvalue weighted by atomic mass is 10.1. The van der Waals surface area contributed by atoms with Crippen LogP contribution in [-0.2, 0) is 4.79 Å². The summed E-state index contributed by atoms with van der Waals surface area (Å²) in [7, 11) is 0. The molecular formula is C10H14N4O3S. The van der Waals surface area contributed by atoms with E-state index in [1.165, 1.54) is 6.92 Å². The summed E-state index contributed by atoms with van der Waals surface area (Å²) < 4.78 is 0. The number of nitrogens with one attached hydrogen (secondary N) is 1. The normalized spacial score (nSPS) is 13.9. The highest BCUT2D eigenvalue weighted by Gasteiger charge is 2.24. The molecule has 2 atom stereocenters. The molecule has 18 heavy (non-hydrogen) atoms. The highest BCUT2D eigenvalue weighted by atomic mass is 32.2. The Morgan fingerprint density at radius 1 is 1.67 bits per heavy atom. The zero-order valence-electron chi connectivity index (χ0n) is 9.75. The lowest BCUT2D eigenvalue weighted by Gasteiger charge is -2.16. The third-order valence-corrected chi connectivity index (χ3v) is 3.16. The van der Waals surface area contributed by atoms with Crippen molar-refractivity contribution in [1.82, 2.24) is 10.2 Å². The number of hydrogen-bond acceptors (Lipinski definition) is 7. The van der Waals surface area contributed by atoms with Crippen LogP contribution in [0.3, 0.4) is 0 Å². The van der Waals surface area contributed by atoms with Crippen LogP contribution < -0.4 is 5.73 Å². The van der Waals surface area contributed by atoms with Gasteiger partial charge in [0, 0.05) is 12.7 Å². The molecule has 98 valence electrons. The molecule has 0 fully saturated rings. The number of aliphatic hydroxyl groups excluding tert-OH is 2. The molecule has 0 saturated heterocycles. The van der Waals surface area contributed by atoms with Crippen molar-refractivity contribution >= 4 is 22.7 Å². The van der Waals surface area contributed by atoms with Gasteiger partial charge in [-0.2, -0.15) is 10.4 Å². The second kappa shape index (κ2) is 6.39. The number of anilines is 1. The molecule has 5 N–H and O–H groups in total. The van der Waals surface area contributed by atoms with Crippen LogP contribution in [0.2, 0.25) is 0 Å². The van der Waals surface area contributed by atoms with Gasteiger partial charge in [-0.3, -0.25) is 9.89 Å². The van der Waals surface area contributed by atoms with Gasteiger partial charge in [0.15, 0.2) is 10.9 Å². The Bertz CT molecular complexity index is 468. The molecule has 1 rings (SSSR count). The predicted molar refractivity (Wildman–Crippen MR) is 66.4 cm³/mol. The van der Waals surface area contributed by atoms with Crippen LogP contribution in [0.5, 0.6) is 0 Å². The number of nitriles is 1. The van der Waals surface area contributed by atoms with Gasteiger partial charge < -0.3 is 15.9 Å². The molecule has 0 amide bonds. The molecule has 0 aliphatic carbocycles. The number of hydrogen-bond donors (Lipinski definition) is 4. The van der Waals surface area contributed by atoms with Crippen molar-refractivity contribution in [3.05, 3.63) is 11.3 Å². The van der Waals surface area contributed by atoms with E-state index in [4.69, 9.17) is 11.0 Å². The Labute approximate surface area is 108 Å². The summed E-state index contributed by atoms with van der Waals surface area (Å²) in [4.78, 5) is 10.7. The average Bonchev–Trinajstić information content (AvgIpc) is 2.68. The molecule has 0 bridgehead atoms. The minimum Gasteiger partial charge on any atom is -0.390 e. The molecule has 8 heteroatoms. The number of carbonyl (C=O) groups excluding carboxylic acids is 1.